The molecule has 0 aliphatic carbocycles. The molecule has 1 rings (SSSR count). The number of unbranched alkanes of at least 4 members (excludes halogenated alkanes) is 1. The average molecular weight is 351 g/mol. The molecule has 0 spiro atoms. The Hall–Kier alpha value is -2.61. The molecule has 1 aromatic rings. The third-order valence-electron chi connectivity index (χ3n) is 3.50. The Bertz CT molecular complexity index is 565. The number of nitrogens with one attached hydrogen (secondary N) is 2. The molecule has 0 bridgehead atoms. The second kappa shape index (κ2) is 11.0. The lowest BCUT2D eigenvalue weighted by Gasteiger charge is -2.19. The number of rotatable bonds is 10. The highest BCUT2D eigenvalue weighted by Crippen LogP contribution is 2.04. The molecule has 25 heavy (non-hydrogen) atoms. The molecule has 2 atom stereocenters. The zero-order chi connectivity index (χ0) is 18.7. The fourth-order valence-corrected chi connectivity index (χ4v) is 2.04. The van der Waals surface area contributed by atoms with Crippen molar-refractivity contribution < 1.29 is 24.2 Å². The zero-order valence-electron chi connectivity index (χ0n) is 14.2. The van der Waals surface area contributed by atoms with Crippen LogP contribution in [0.5, 0.6) is 0 Å². The van der Waals surface area contributed by atoms with Crippen LogP contribution in [0, 0.1) is 0 Å². The number of nitrogens with two attached hydrogens (primary N) is 1. The number of carboxylic acid groups (broad SMARTS) is 1. The van der Waals surface area contributed by atoms with Gasteiger partial charge in [0.1, 0.15) is 18.7 Å². The Balaban J connectivity index is 2.57. The van der Waals surface area contributed by atoms with Crippen LogP contribution in [0.15, 0.2) is 30.3 Å². The van der Waals surface area contributed by atoms with Crippen molar-refractivity contribution in [3.8, 4) is 0 Å². The monoisotopic (exact) mass is 351 g/mol. The zero-order valence-corrected chi connectivity index (χ0v) is 14.2. The van der Waals surface area contributed by atoms with E-state index in [0.29, 0.717) is 25.8 Å². The highest BCUT2D eigenvalue weighted by Gasteiger charge is 2.24. The smallest absolute Gasteiger partial charge is 0.408 e. The van der Waals surface area contributed by atoms with Crippen LogP contribution in [-0.2, 0) is 20.9 Å². The first kappa shape index (κ1) is 20.4. The quantitative estimate of drug-likeness (QED) is 0.465. The molecule has 8 nitrogen and oxygen atoms in total. The fraction of sp³-hybridized carbons (Fsp3) is 0.471. The van der Waals surface area contributed by atoms with Crippen LogP contribution < -0.4 is 16.4 Å². The van der Waals surface area contributed by atoms with Crippen molar-refractivity contribution in [3.05, 3.63) is 35.9 Å². The molecule has 0 heterocycles. The molecule has 5 N–H and O–H groups in total. The lowest BCUT2D eigenvalue weighted by molar-refractivity contribution is -0.141. The van der Waals surface area contributed by atoms with Gasteiger partial charge in [0.15, 0.2) is 0 Å². The summed E-state index contributed by atoms with van der Waals surface area (Å²) < 4.78 is 5.10. The van der Waals surface area contributed by atoms with Gasteiger partial charge in [0.2, 0.25) is 5.91 Å². The molecule has 2 amide bonds. The molecular weight excluding hydrogens is 326 g/mol. The normalized spacial score (nSPS) is 12.7. The van der Waals surface area contributed by atoms with E-state index in [1.807, 2.05) is 30.3 Å². The number of benzene rings is 1. The molecule has 0 unspecified atom stereocenters. The molecule has 0 aromatic heterocycles. The van der Waals surface area contributed by atoms with E-state index in [9.17, 15) is 14.4 Å². The summed E-state index contributed by atoms with van der Waals surface area (Å²) in [5, 5.41) is 13.7. The third kappa shape index (κ3) is 8.16. The van der Waals surface area contributed by atoms with Crippen molar-refractivity contribution >= 4 is 18.0 Å². The van der Waals surface area contributed by atoms with E-state index in [1.54, 1.807) is 0 Å². The van der Waals surface area contributed by atoms with E-state index in [2.05, 4.69) is 10.6 Å². The number of carbonyl (C=O) groups excluding carboxylic acids is 2. The van der Waals surface area contributed by atoms with E-state index in [1.165, 1.54) is 6.92 Å². The molecule has 138 valence electrons. The Morgan fingerprint density at radius 1 is 1.16 bits per heavy atom. The second-order valence-electron chi connectivity index (χ2n) is 5.61. The first-order valence-corrected chi connectivity index (χ1v) is 8.14. The summed E-state index contributed by atoms with van der Waals surface area (Å²) in [7, 11) is 0. The van der Waals surface area contributed by atoms with Gasteiger partial charge in [0, 0.05) is 0 Å². The molecule has 0 aliphatic rings. The summed E-state index contributed by atoms with van der Waals surface area (Å²) in [6.07, 6.45) is 0.920. The van der Waals surface area contributed by atoms with Gasteiger partial charge in [-0.3, -0.25) is 9.59 Å². The van der Waals surface area contributed by atoms with Crippen LogP contribution >= 0.6 is 0 Å². The second-order valence-corrected chi connectivity index (χ2v) is 5.61. The van der Waals surface area contributed by atoms with Gasteiger partial charge in [-0.25, -0.2) is 4.79 Å². The maximum absolute atomic E-state index is 12.2. The van der Waals surface area contributed by atoms with Crippen molar-refractivity contribution in [3.63, 3.8) is 0 Å². The Labute approximate surface area is 146 Å². The Kier molecular flexibility index (Phi) is 9.02. The maximum Gasteiger partial charge on any atom is 0.408 e. The van der Waals surface area contributed by atoms with E-state index in [4.69, 9.17) is 15.6 Å². The van der Waals surface area contributed by atoms with Gasteiger partial charge < -0.3 is 26.2 Å². The molecule has 0 aliphatic heterocycles. The van der Waals surface area contributed by atoms with Crippen LogP contribution in [0.25, 0.3) is 0 Å². The number of hydrogen-bond donors (Lipinski definition) is 4. The van der Waals surface area contributed by atoms with Gasteiger partial charge in [-0.15, -0.1) is 0 Å². The SMILES string of the molecule is C[C@H](NC(=O)[C@H](CCCCN)NC(=O)OCc1ccccc1)C(=O)O. The van der Waals surface area contributed by atoms with Gasteiger partial charge in [-0.05, 0) is 38.3 Å². The van der Waals surface area contributed by atoms with Crippen molar-refractivity contribution in [2.24, 2.45) is 5.73 Å². The highest BCUT2D eigenvalue weighted by atomic mass is 16.5. The topological polar surface area (TPSA) is 131 Å². The molecule has 0 saturated heterocycles. The van der Waals surface area contributed by atoms with Crippen LogP contribution in [0.4, 0.5) is 4.79 Å². The summed E-state index contributed by atoms with van der Waals surface area (Å²) in [5.74, 6) is -1.72. The summed E-state index contributed by atoms with van der Waals surface area (Å²) in [4.78, 5) is 35.0. The third-order valence-corrected chi connectivity index (χ3v) is 3.50. The van der Waals surface area contributed by atoms with E-state index in [-0.39, 0.29) is 6.61 Å². The van der Waals surface area contributed by atoms with Gasteiger partial charge in [-0.2, -0.15) is 0 Å². The first-order chi connectivity index (χ1) is 11.9. The van der Waals surface area contributed by atoms with Gasteiger partial charge in [-0.1, -0.05) is 30.3 Å². The number of aliphatic carboxylic acids is 1. The lowest BCUT2D eigenvalue weighted by atomic mass is 10.1. The van der Waals surface area contributed by atoms with Crippen LogP contribution in [0.1, 0.15) is 31.7 Å². The largest absolute Gasteiger partial charge is 0.480 e. The number of carbonyl (C=O) groups is 3. The van der Waals surface area contributed by atoms with E-state index < -0.39 is 30.1 Å². The number of hydrogen-bond acceptors (Lipinski definition) is 5. The Morgan fingerprint density at radius 3 is 2.44 bits per heavy atom. The number of alkyl carbamates (subject to hydrolysis) is 1. The van der Waals surface area contributed by atoms with Crippen LogP contribution in [0.2, 0.25) is 0 Å². The van der Waals surface area contributed by atoms with Crippen molar-refractivity contribution in [1.82, 2.24) is 10.6 Å². The van der Waals surface area contributed by atoms with E-state index in [0.717, 1.165) is 5.56 Å². The summed E-state index contributed by atoms with van der Waals surface area (Å²) in [5.41, 5.74) is 6.25. The van der Waals surface area contributed by atoms with Crippen molar-refractivity contribution in [2.45, 2.75) is 44.9 Å². The van der Waals surface area contributed by atoms with E-state index >= 15 is 0 Å². The van der Waals surface area contributed by atoms with Gasteiger partial charge in [0.05, 0.1) is 0 Å². The van der Waals surface area contributed by atoms with Crippen LogP contribution in [-0.4, -0.2) is 41.7 Å². The molecule has 8 heteroatoms. The summed E-state index contributed by atoms with van der Waals surface area (Å²) in [6.45, 7) is 1.90. The minimum atomic E-state index is -1.15. The predicted molar refractivity (Wildman–Crippen MR) is 91.7 cm³/mol. The van der Waals surface area contributed by atoms with Crippen LogP contribution in [0.3, 0.4) is 0 Å². The summed E-state index contributed by atoms with van der Waals surface area (Å²) >= 11 is 0. The van der Waals surface area contributed by atoms with Crippen molar-refractivity contribution in [1.29, 1.82) is 0 Å². The molecular formula is C17H25N3O5. The van der Waals surface area contributed by atoms with Gasteiger partial charge >= 0.3 is 12.1 Å². The van der Waals surface area contributed by atoms with Crippen molar-refractivity contribution in [2.75, 3.05) is 6.54 Å². The molecule has 0 saturated carbocycles. The number of ether oxygens (including phenoxy) is 1. The predicted octanol–water partition coefficient (Wildman–Crippen LogP) is 1.000. The molecule has 1 aromatic carbocycles. The highest BCUT2D eigenvalue weighted by molar-refractivity contribution is 5.89. The minimum absolute atomic E-state index is 0.0787. The first-order valence-electron chi connectivity index (χ1n) is 8.14. The molecule has 0 fully saturated rings. The maximum atomic E-state index is 12.2. The molecule has 0 radical (unpaired) electrons. The fourth-order valence-electron chi connectivity index (χ4n) is 2.04. The van der Waals surface area contributed by atoms with Gasteiger partial charge in [0.25, 0.3) is 0 Å². The standard InChI is InChI=1S/C17H25N3O5/c1-12(16(22)23)19-15(21)14(9-5-6-10-18)20-17(24)25-11-13-7-3-2-4-8-13/h2-4,7-8,12,14H,5-6,9-11,18H2,1H3,(H,19,21)(H,20,24)(H,22,23)/t12-,14-/m0/s1. The number of carboxylic acids is 1. The lowest BCUT2D eigenvalue weighted by Crippen LogP contribution is -2.50. The average Bonchev–Trinajstić information content (AvgIpc) is 2.60. The minimum Gasteiger partial charge on any atom is -0.480 e. The Morgan fingerprint density at radius 2 is 1.84 bits per heavy atom. The summed E-state index contributed by atoms with van der Waals surface area (Å²) in [6, 6.07) is 7.20. The number of amides is 2.